The van der Waals surface area contributed by atoms with Crippen molar-refractivity contribution in [2.75, 3.05) is 13.1 Å². The van der Waals surface area contributed by atoms with Gasteiger partial charge in [0.05, 0.1) is 0 Å². The van der Waals surface area contributed by atoms with E-state index in [0.29, 0.717) is 11.8 Å². The van der Waals surface area contributed by atoms with E-state index in [1.165, 1.54) is 25.1 Å². The Labute approximate surface area is 111 Å². The molecule has 2 heteroatoms. The molecule has 2 rings (SSSR count). The molecule has 1 fully saturated rings. The van der Waals surface area contributed by atoms with Crippen LogP contribution in [0.15, 0.2) is 24.3 Å². The van der Waals surface area contributed by atoms with Crippen LogP contribution >= 0.6 is 0 Å². The Balaban J connectivity index is 1.81. The van der Waals surface area contributed by atoms with E-state index in [4.69, 9.17) is 0 Å². The summed E-state index contributed by atoms with van der Waals surface area (Å²) in [6.45, 7) is 9.55. The van der Waals surface area contributed by atoms with E-state index in [0.717, 1.165) is 18.3 Å². The summed E-state index contributed by atoms with van der Waals surface area (Å²) in [7, 11) is 0. The Morgan fingerprint density at radius 2 is 1.72 bits per heavy atom. The monoisotopic (exact) mass is 247 g/mol. The third-order valence-electron chi connectivity index (χ3n) is 4.43. The Morgan fingerprint density at radius 1 is 1.17 bits per heavy atom. The van der Waals surface area contributed by atoms with E-state index >= 15 is 0 Å². The third kappa shape index (κ3) is 3.26. The second-order valence-corrected chi connectivity index (χ2v) is 5.96. The third-order valence-corrected chi connectivity index (χ3v) is 4.43. The first-order valence-electron chi connectivity index (χ1n) is 7.08. The number of hydrogen-bond donors (Lipinski definition) is 1. The number of hydrogen-bond acceptors (Lipinski definition) is 2. The SMILES string of the molecule is CC1CN(C(C)CCc2ccc(O)cc2)CC1C. The molecule has 1 aromatic rings. The Kier molecular flexibility index (Phi) is 4.28. The van der Waals surface area contributed by atoms with Crippen molar-refractivity contribution in [1.82, 2.24) is 4.90 Å². The lowest BCUT2D eigenvalue weighted by Crippen LogP contribution is -2.31. The minimum atomic E-state index is 0.356. The van der Waals surface area contributed by atoms with E-state index < -0.39 is 0 Å². The van der Waals surface area contributed by atoms with Crippen LogP contribution in [0, 0.1) is 11.8 Å². The minimum absolute atomic E-state index is 0.356. The summed E-state index contributed by atoms with van der Waals surface area (Å²) in [5.74, 6) is 2.02. The molecule has 2 nitrogen and oxygen atoms in total. The average Bonchev–Trinajstić information content (AvgIpc) is 2.69. The van der Waals surface area contributed by atoms with E-state index in [-0.39, 0.29) is 0 Å². The second kappa shape index (κ2) is 5.75. The lowest BCUT2D eigenvalue weighted by Gasteiger charge is -2.24. The van der Waals surface area contributed by atoms with Crippen LogP contribution in [0.1, 0.15) is 32.8 Å². The van der Waals surface area contributed by atoms with Gasteiger partial charge in [0.2, 0.25) is 0 Å². The van der Waals surface area contributed by atoms with Crippen LogP contribution in [0.2, 0.25) is 0 Å². The van der Waals surface area contributed by atoms with Crippen LogP contribution in [0.3, 0.4) is 0 Å². The predicted octanol–water partition coefficient (Wildman–Crippen LogP) is 3.30. The average molecular weight is 247 g/mol. The van der Waals surface area contributed by atoms with Gasteiger partial charge in [-0.05, 0) is 49.3 Å². The zero-order valence-corrected chi connectivity index (χ0v) is 11.8. The lowest BCUT2D eigenvalue weighted by molar-refractivity contribution is 0.236. The van der Waals surface area contributed by atoms with Crippen molar-refractivity contribution in [2.24, 2.45) is 11.8 Å². The molecule has 0 amide bonds. The van der Waals surface area contributed by atoms with Gasteiger partial charge in [-0.2, -0.15) is 0 Å². The maximum absolute atomic E-state index is 9.26. The zero-order valence-electron chi connectivity index (χ0n) is 11.8. The quantitative estimate of drug-likeness (QED) is 0.882. The first-order valence-corrected chi connectivity index (χ1v) is 7.08. The number of aromatic hydroxyl groups is 1. The summed E-state index contributed by atoms with van der Waals surface area (Å²) in [5, 5.41) is 9.26. The minimum Gasteiger partial charge on any atom is -0.508 e. The Hall–Kier alpha value is -1.02. The van der Waals surface area contributed by atoms with Crippen LogP contribution in [0.4, 0.5) is 0 Å². The van der Waals surface area contributed by atoms with Gasteiger partial charge in [0, 0.05) is 19.1 Å². The van der Waals surface area contributed by atoms with Crippen LogP contribution in [-0.4, -0.2) is 29.1 Å². The van der Waals surface area contributed by atoms with Crippen molar-refractivity contribution < 1.29 is 5.11 Å². The van der Waals surface area contributed by atoms with Gasteiger partial charge in [-0.25, -0.2) is 0 Å². The molecular formula is C16H25NO. The molecule has 100 valence electrons. The highest BCUT2D eigenvalue weighted by molar-refractivity contribution is 5.25. The topological polar surface area (TPSA) is 23.5 Å². The van der Waals surface area contributed by atoms with Gasteiger partial charge in [0.15, 0.2) is 0 Å². The predicted molar refractivity (Wildman–Crippen MR) is 75.8 cm³/mol. The van der Waals surface area contributed by atoms with Gasteiger partial charge >= 0.3 is 0 Å². The molecule has 1 aromatic carbocycles. The van der Waals surface area contributed by atoms with Crippen LogP contribution in [0.25, 0.3) is 0 Å². The fourth-order valence-electron chi connectivity index (χ4n) is 2.75. The molecule has 0 radical (unpaired) electrons. The number of phenolic OH excluding ortho intramolecular Hbond substituents is 1. The molecule has 1 heterocycles. The summed E-state index contributed by atoms with van der Waals surface area (Å²) in [4.78, 5) is 2.62. The summed E-state index contributed by atoms with van der Waals surface area (Å²) >= 11 is 0. The molecular weight excluding hydrogens is 222 g/mol. The number of aryl methyl sites for hydroxylation is 1. The normalized spacial score (nSPS) is 26.4. The first kappa shape index (κ1) is 13.4. The summed E-state index contributed by atoms with van der Waals surface area (Å²) in [6.07, 6.45) is 2.30. The van der Waals surface area contributed by atoms with Crippen LogP contribution in [0.5, 0.6) is 5.75 Å². The Morgan fingerprint density at radius 3 is 2.28 bits per heavy atom. The lowest BCUT2D eigenvalue weighted by atomic mass is 10.0. The molecule has 0 saturated carbocycles. The van der Waals surface area contributed by atoms with Crippen molar-refractivity contribution in [3.05, 3.63) is 29.8 Å². The summed E-state index contributed by atoms with van der Waals surface area (Å²) in [5.41, 5.74) is 1.32. The number of likely N-dealkylation sites (tertiary alicyclic amines) is 1. The van der Waals surface area contributed by atoms with E-state index in [1.54, 1.807) is 12.1 Å². The van der Waals surface area contributed by atoms with Crippen molar-refractivity contribution in [1.29, 1.82) is 0 Å². The molecule has 1 aliphatic heterocycles. The number of benzene rings is 1. The fourth-order valence-corrected chi connectivity index (χ4v) is 2.75. The van der Waals surface area contributed by atoms with Gasteiger partial charge in [-0.3, -0.25) is 0 Å². The van der Waals surface area contributed by atoms with E-state index in [9.17, 15) is 5.11 Å². The molecule has 1 N–H and O–H groups in total. The molecule has 0 spiro atoms. The standard InChI is InChI=1S/C16H25NO/c1-12-10-17(11-13(12)2)14(3)4-5-15-6-8-16(18)9-7-15/h6-9,12-14,18H,4-5,10-11H2,1-3H3. The van der Waals surface area contributed by atoms with Crippen molar-refractivity contribution in [2.45, 2.75) is 39.7 Å². The number of rotatable bonds is 4. The van der Waals surface area contributed by atoms with E-state index in [2.05, 4.69) is 25.7 Å². The largest absolute Gasteiger partial charge is 0.508 e. The van der Waals surface area contributed by atoms with Crippen LogP contribution in [-0.2, 0) is 6.42 Å². The van der Waals surface area contributed by atoms with Crippen molar-refractivity contribution >= 4 is 0 Å². The smallest absolute Gasteiger partial charge is 0.115 e. The van der Waals surface area contributed by atoms with E-state index in [1.807, 2.05) is 12.1 Å². The zero-order chi connectivity index (χ0) is 13.1. The second-order valence-electron chi connectivity index (χ2n) is 5.96. The Bertz CT molecular complexity index is 363. The molecule has 1 saturated heterocycles. The summed E-state index contributed by atoms with van der Waals surface area (Å²) in [6, 6.07) is 8.26. The number of phenols is 1. The van der Waals surface area contributed by atoms with Crippen molar-refractivity contribution in [3.63, 3.8) is 0 Å². The maximum atomic E-state index is 9.26. The van der Waals surface area contributed by atoms with Gasteiger partial charge in [-0.1, -0.05) is 26.0 Å². The molecule has 0 aliphatic carbocycles. The highest BCUT2D eigenvalue weighted by atomic mass is 16.3. The van der Waals surface area contributed by atoms with Crippen molar-refractivity contribution in [3.8, 4) is 5.75 Å². The maximum Gasteiger partial charge on any atom is 0.115 e. The molecule has 3 unspecified atom stereocenters. The highest BCUT2D eigenvalue weighted by Gasteiger charge is 2.28. The first-order chi connectivity index (χ1) is 8.56. The molecule has 18 heavy (non-hydrogen) atoms. The van der Waals surface area contributed by atoms with Gasteiger partial charge in [0.1, 0.15) is 5.75 Å². The molecule has 1 aliphatic rings. The summed E-state index contributed by atoms with van der Waals surface area (Å²) < 4.78 is 0. The number of nitrogens with zero attached hydrogens (tertiary/aromatic N) is 1. The molecule has 0 bridgehead atoms. The van der Waals surface area contributed by atoms with Crippen LogP contribution < -0.4 is 0 Å². The van der Waals surface area contributed by atoms with Gasteiger partial charge < -0.3 is 10.0 Å². The highest BCUT2D eigenvalue weighted by Crippen LogP contribution is 2.25. The van der Waals surface area contributed by atoms with Gasteiger partial charge in [0.25, 0.3) is 0 Å². The molecule has 0 aromatic heterocycles. The van der Waals surface area contributed by atoms with Gasteiger partial charge in [-0.15, -0.1) is 0 Å². The fraction of sp³-hybridized carbons (Fsp3) is 0.625. The molecule has 3 atom stereocenters.